The third-order valence-corrected chi connectivity index (χ3v) is 6.88. The quantitative estimate of drug-likeness (QED) is 0.551. The lowest BCUT2D eigenvalue weighted by Crippen LogP contribution is -2.57. The highest BCUT2D eigenvalue weighted by atomic mass is 35.5. The van der Waals surface area contributed by atoms with Gasteiger partial charge >= 0.3 is 12.1 Å². The van der Waals surface area contributed by atoms with E-state index < -0.39 is 17.5 Å². The van der Waals surface area contributed by atoms with Gasteiger partial charge in [-0.1, -0.05) is 72.3 Å². The Labute approximate surface area is 191 Å². The molecule has 1 saturated carbocycles. The molecule has 0 saturated heterocycles. The van der Waals surface area contributed by atoms with Crippen LogP contribution in [-0.2, 0) is 14.9 Å². The monoisotopic (exact) mass is 447 g/mol. The van der Waals surface area contributed by atoms with Crippen LogP contribution >= 0.6 is 11.6 Å². The van der Waals surface area contributed by atoms with Gasteiger partial charge in [0.15, 0.2) is 0 Å². The molecule has 32 heavy (non-hydrogen) atoms. The second-order valence-corrected chi connectivity index (χ2v) is 8.91. The van der Waals surface area contributed by atoms with Gasteiger partial charge in [-0.3, -0.25) is 4.79 Å². The molecule has 3 aromatic carbocycles. The summed E-state index contributed by atoms with van der Waals surface area (Å²) in [6, 6.07) is 23.0. The Morgan fingerprint density at radius 1 is 0.969 bits per heavy atom. The molecule has 5 rings (SSSR count). The Balaban J connectivity index is 1.23. The summed E-state index contributed by atoms with van der Waals surface area (Å²) in [5.74, 6) is -0.926. The Bertz CT molecular complexity index is 1160. The molecular formula is C26H22ClNO4. The second-order valence-electron chi connectivity index (χ2n) is 8.47. The minimum absolute atomic E-state index is 0.0147. The summed E-state index contributed by atoms with van der Waals surface area (Å²) in [5.41, 5.74) is 4.26. The summed E-state index contributed by atoms with van der Waals surface area (Å²) >= 11 is 6.05. The van der Waals surface area contributed by atoms with Crippen LogP contribution in [-0.4, -0.2) is 29.8 Å². The van der Waals surface area contributed by atoms with Crippen molar-refractivity contribution in [2.75, 3.05) is 6.61 Å². The number of aliphatic carboxylic acids is 1. The number of carbonyl (C=O) groups excluding carboxylic acids is 1. The van der Waals surface area contributed by atoms with E-state index in [1.165, 1.54) is 11.1 Å². The predicted octanol–water partition coefficient (Wildman–Crippen LogP) is 5.36. The molecule has 162 valence electrons. The fourth-order valence-electron chi connectivity index (χ4n) is 5.01. The molecule has 0 bridgehead atoms. The molecule has 0 radical (unpaired) electrons. The highest BCUT2D eigenvalue weighted by Crippen LogP contribution is 2.46. The summed E-state index contributed by atoms with van der Waals surface area (Å²) in [5, 5.41) is 13.1. The molecule has 6 heteroatoms. The van der Waals surface area contributed by atoms with E-state index in [1.54, 1.807) is 24.3 Å². The van der Waals surface area contributed by atoms with Gasteiger partial charge in [-0.25, -0.2) is 4.79 Å². The molecule has 0 heterocycles. The number of halogens is 1. The molecule has 0 aliphatic heterocycles. The smallest absolute Gasteiger partial charge is 0.407 e. The van der Waals surface area contributed by atoms with E-state index in [0.717, 1.165) is 11.1 Å². The van der Waals surface area contributed by atoms with Crippen LogP contribution in [0.1, 0.15) is 35.4 Å². The summed E-state index contributed by atoms with van der Waals surface area (Å²) in [6.45, 7) is 0.227. The van der Waals surface area contributed by atoms with Crippen molar-refractivity contribution in [3.63, 3.8) is 0 Å². The number of amides is 1. The highest BCUT2D eigenvalue weighted by molar-refractivity contribution is 6.30. The molecule has 2 aliphatic rings. The second kappa shape index (κ2) is 7.99. The molecular weight excluding hydrogens is 426 g/mol. The van der Waals surface area contributed by atoms with Crippen LogP contribution in [0, 0.1) is 0 Å². The Kier molecular flexibility index (Phi) is 5.14. The maximum Gasteiger partial charge on any atom is 0.407 e. The first kappa shape index (κ1) is 20.6. The minimum Gasteiger partial charge on any atom is -0.481 e. The summed E-state index contributed by atoms with van der Waals surface area (Å²) in [4.78, 5) is 24.5. The third-order valence-electron chi connectivity index (χ3n) is 6.64. The van der Waals surface area contributed by atoms with Gasteiger partial charge < -0.3 is 15.2 Å². The number of carboxylic acids is 1. The fourth-order valence-corrected chi connectivity index (χ4v) is 5.20. The molecule has 0 unspecified atom stereocenters. The van der Waals surface area contributed by atoms with Crippen molar-refractivity contribution >= 4 is 23.7 Å². The Morgan fingerprint density at radius 2 is 1.59 bits per heavy atom. The van der Waals surface area contributed by atoms with Crippen molar-refractivity contribution in [1.82, 2.24) is 5.32 Å². The molecule has 0 atom stereocenters. The lowest BCUT2D eigenvalue weighted by Gasteiger charge is -2.44. The first-order valence-electron chi connectivity index (χ1n) is 10.6. The van der Waals surface area contributed by atoms with Crippen LogP contribution in [0.5, 0.6) is 0 Å². The van der Waals surface area contributed by atoms with Crippen molar-refractivity contribution in [3.05, 3.63) is 94.5 Å². The predicted molar refractivity (Wildman–Crippen MR) is 122 cm³/mol. The number of alkyl carbamates (subject to hydrolysis) is 1. The lowest BCUT2D eigenvalue weighted by molar-refractivity contribution is -0.148. The van der Waals surface area contributed by atoms with Crippen LogP contribution in [0.2, 0.25) is 5.02 Å². The van der Waals surface area contributed by atoms with Crippen molar-refractivity contribution in [2.24, 2.45) is 0 Å². The Hall–Kier alpha value is -3.31. The van der Waals surface area contributed by atoms with Gasteiger partial charge in [0, 0.05) is 17.0 Å². The molecule has 0 aromatic heterocycles. The molecule has 1 amide bonds. The van der Waals surface area contributed by atoms with Crippen LogP contribution in [0.15, 0.2) is 72.8 Å². The number of nitrogens with one attached hydrogen (secondary N) is 1. The molecule has 2 aliphatic carbocycles. The first-order chi connectivity index (χ1) is 15.5. The normalized spacial score (nSPS) is 21.2. The average Bonchev–Trinajstić information content (AvgIpc) is 3.08. The van der Waals surface area contributed by atoms with E-state index >= 15 is 0 Å². The molecule has 2 N–H and O–H groups in total. The fraction of sp³-hybridized carbons (Fsp3) is 0.231. The van der Waals surface area contributed by atoms with Gasteiger partial charge in [-0.2, -0.15) is 0 Å². The van der Waals surface area contributed by atoms with Gasteiger partial charge in [0.25, 0.3) is 0 Å². The number of hydrogen-bond acceptors (Lipinski definition) is 3. The maximum atomic E-state index is 12.5. The van der Waals surface area contributed by atoms with E-state index in [9.17, 15) is 14.7 Å². The van der Waals surface area contributed by atoms with Gasteiger partial charge in [0.2, 0.25) is 0 Å². The van der Waals surface area contributed by atoms with E-state index in [1.807, 2.05) is 24.3 Å². The van der Waals surface area contributed by atoms with E-state index in [-0.39, 0.29) is 18.6 Å². The minimum atomic E-state index is -1.04. The van der Waals surface area contributed by atoms with Gasteiger partial charge in [-0.15, -0.1) is 0 Å². The van der Waals surface area contributed by atoms with Gasteiger partial charge in [-0.05, 0) is 52.8 Å². The number of carboxylic acid groups (broad SMARTS) is 1. The average molecular weight is 448 g/mol. The molecule has 5 nitrogen and oxygen atoms in total. The maximum absolute atomic E-state index is 12.5. The highest BCUT2D eigenvalue weighted by Gasteiger charge is 2.52. The zero-order valence-corrected chi connectivity index (χ0v) is 18.0. The molecule has 3 aromatic rings. The van der Waals surface area contributed by atoms with E-state index in [2.05, 4.69) is 29.6 Å². The van der Waals surface area contributed by atoms with Crippen molar-refractivity contribution in [1.29, 1.82) is 0 Å². The van der Waals surface area contributed by atoms with Crippen LogP contribution in [0.25, 0.3) is 11.1 Å². The van der Waals surface area contributed by atoms with Crippen LogP contribution in [0.4, 0.5) is 4.79 Å². The topological polar surface area (TPSA) is 75.6 Å². The van der Waals surface area contributed by atoms with E-state index in [0.29, 0.717) is 23.4 Å². The van der Waals surface area contributed by atoms with Crippen LogP contribution in [0.3, 0.4) is 0 Å². The summed E-state index contributed by atoms with van der Waals surface area (Å²) in [6.07, 6.45) is 0.0710. The van der Waals surface area contributed by atoms with Crippen molar-refractivity contribution in [3.8, 4) is 11.1 Å². The Morgan fingerprint density at radius 3 is 2.19 bits per heavy atom. The lowest BCUT2D eigenvalue weighted by atomic mass is 9.61. The molecule has 1 fully saturated rings. The number of fused-ring (bicyclic) bond motifs is 3. The molecule has 0 spiro atoms. The number of benzene rings is 3. The zero-order chi connectivity index (χ0) is 22.3. The largest absolute Gasteiger partial charge is 0.481 e. The number of rotatable bonds is 5. The summed E-state index contributed by atoms with van der Waals surface area (Å²) < 4.78 is 5.58. The van der Waals surface area contributed by atoms with Gasteiger partial charge in [0.1, 0.15) is 6.61 Å². The van der Waals surface area contributed by atoms with E-state index in [4.69, 9.17) is 16.3 Å². The van der Waals surface area contributed by atoms with Crippen molar-refractivity contribution < 1.29 is 19.4 Å². The SMILES string of the molecule is O=C(NC1CC(C(=O)O)(c2cccc(Cl)c2)C1)OCC1c2ccccc2-c2ccccc21. The third kappa shape index (κ3) is 3.43. The number of ether oxygens (including phenoxy) is 1. The van der Waals surface area contributed by atoms with Crippen molar-refractivity contribution in [2.45, 2.75) is 30.2 Å². The number of hydrogen-bond donors (Lipinski definition) is 2. The number of carbonyl (C=O) groups is 2. The van der Waals surface area contributed by atoms with Crippen LogP contribution < -0.4 is 5.32 Å². The van der Waals surface area contributed by atoms with Gasteiger partial charge in [0.05, 0.1) is 5.41 Å². The standard InChI is InChI=1S/C26H22ClNO4/c27-17-7-5-6-16(12-17)26(24(29)30)13-18(14-26)28-25(31)32-15-23-21-10-3-1-8-19(21)20-9-2-4-11-22(20)23/h1-12,18,23H,13-15H2,(H,28,31)(H,29,30). The zero-order valence-electron chi connectivity index (χ0n) is 17.3. The summed E-state index contributed by atoms with van der Waals surface area (Å²) in [7, 11) is 0. The first-order valence-corrected chi connectivity index (χ1v) is 11.0.